The molecule has 1 atom stereocenters. The highest BCUT2D eigenvalue weighted by atomic mass is 16.2. The number of unbranched alkanes of at least 4 members (excludes halogenated alkanes) is 16. The number of rotatable bonds is 31. The summed E-state index contributed by atoms with van der Waals surface area (Å²) in [5.41, 5.74) is 0. The van der Waals surface area contributed by atoms with Crippen LogP contribution in [-0.4, -0.2) is 24.4 Å². The third-order valence-electron chi connectivity index (χ3n) is 7.84. The molecule has 0 fully saturated rings. The van der Waals surface area contributed by atoms with E-state index in [0.717, 1.165) is 64.3 Å². The van der Waals surface area contributed by atoms with Gasteiger partial charge in [0, 0.05) is 25.4 Å². The lowest BCUT2D eigenvalue weighted by atomic mass is 10.0. The summed E-state index contributed by atoms with van der Waals surface area (Å²) in [5.74, 6) is 0.358. The highest BCUT2D eigenvalue weighted by molar-refractivity contribution is 5.76. The molecule has 2 N–H and O–H groups in total. The zero-order valence-corrected chi connectivity index (χ0v) is 28.2. The Bertz CT molecular complexity index is 683. The van der Waals surface area contributed by atoms with Crippen molar-refractivity contribution in [3.05, 3.63) is 36.5 Å². The molecular formula is C38H70N2O2. The van der Waals surface area contributed by atoms with E-state index in [0.29, 0.717) is 12.8 Å². The van der Waals surface area contributed by atoms with Crippen LogP contribution in [0.1, 0.15) is 181 Å². The fraction of sp³-hybridized carbons (Fsp3) is 0.789. The summed E-state index contributed by atoms with van der Waals surface area (Å²) in [7, 11) is 0. The molecule has 0 spiro atoms. The first-order chi connectivity index (χ1) is 20.6. The van der Waals surface area contributed by atoms with E-state index in [1.54, 1.807) is 0 Å². The van der Waals surface area contributed by atoms with Gasteiger partial charge in [-0.3, -0.25) is 9.59 Å². The SMILES string of the molecule is CCCCC/C=C\C/C=C\C/C=C\CCCCC(=O)NCCCC[C@@H](C)NC(=O)CCCCCCCCCCCCC. The predicted molar refractivity (Wildman–Crippen MR) is 185 cm³/mol. The topological polar surface area (TPSA) is 58.2 Å². The van der Waals surface area contributed by atoms with E-state index in [9.17, 15) is 9.59 Å². The van der Waals surface area contributed by atoms with Gasteiger partial charge in [0.1, 0.15) is 0 Å². The number of nitrogens with one attached hydrogen (secondary N) is 2. The van der Waals surface area contributed by atoms with Crippen molar-refractivity contribution in [1.82, 2.24) is 10.6 Å². The van der Waals surface area contributed by atoms with E-state index in [1.165, 1.54) is 89.9 Å². The molecule has 244 valence electrons. The second-order valence-corrected chi connectivity index (χ2v) is 12.2. The van der Waals surface area contributed by atoms with Crippen molar-refractivity contribution < 1.29 is 9.59 Å². The van der Waals surface area contributed by atoms with Crippen LogP contribution >= 0.6 is 0 Å². The first kappa shape index (κ1) is 40.2. The van der Waals surface area contributed by atoms with Gasteiger partial charge in [0.15, 0.2) is 0 Å². The smallest absolute Gasteiger partial charge is 0.220 e. The second kappa shape index (κ2) is 33.7. The molecule has 0 bridgehead atoms. The lowest BCUT2D eigenvalue weighted by Gasteiger charge is -2.14. The average molecular weight is 587 g/mol. The summed E-state index contributed by atoms with van der Waals surface area (Å²) >= 11 is 0. The molecule has 0 aliphatic rings. The molecule has 0 unspecified atom stereocenters. The Labute approximate surface area is 262 Å². The lowest BCUT2D eigenvalue weighted by molar-refractivity contribution is -0.122. The van der Waals surface area contributed by atoms with E-state index in [2.05, 4.69) is 67.9 Å². The molecule has 0 radical (unpaired) electrons. The van der Waals surface area contributed by atoms with Crippen molar-refractivity contribution in [1.29, 1.82) is 0 Å². The summed E-state index contributed by atoms with van der Waals surface area (Å²) in [5, 5.41) is 6.20. The Morgan fingerprint density at radius 2 is 0.976 bits per heavy atom. The van der Waals surface area contributed by atoms with E-state index in [4.69, 9.17) is 0 Å². The number of amides is 2. The molecule has 0 aliphatic carbocycles. The van der Waals surface area contributed by atoms with Crippen LogP contribution in [0.25, 0.3) is 0 Å². The Morgan fingerprint density at radius 3 is 1.57 bits per heavy atom. The van der Waals surface area contributed by atoms with Crippen molar-refractivity contribution in [3.8, 4) is 0 Å². The molecule has 0 aromatic heterocycles. The first-order valence-electron chi connectivity index (χ1n) is 18.1. The van der Waals surface area contributed by atoms with Gasteiger partial charge in [-0.2, -0.15) is 0 Å². The van der Waals surface area contributed by atoms with Crippen molar-refractivity contribution >= 4 is 11.8 Å². The second-order valence-electron chi connectivity index (χ2n) is 12.2. The number of carbonyl (C=O) groups excluding carboxylic acids is 2. The van der Waals surface area contributed by atoms with Crippen LogP contribution in [0.4, 0.5) is 0 Å². The molecule has 0 saturated heterocycles. The Hall–Kier alpha value is -1.84. The molecule has 0 aliphatic heterocycles. The Balaban J connectivity index is 3.49. The van der Waals surface area contributed by atoms with Crippen LogP contribution in [0.2, 0.25) is 0 Å². The number of hydrogen-bond donors (Lipinski definition) is 2. The van der Waals surface area contributed by atoms with Crippen molar-refractivity contribution in [2.75, 3.05) is 6.54 Å². The van der Waals surface area contributed by atoms with Gasteiger partial charge in [0.25, 0.3) is 0 Å². The number of allylic oxidation sites excluding steroid dienone is 6. The molecule has 0 aromatic carbocycles. The molecule has 0 rings (SSSR count). The third-order valence-corrected chi connectivity index (χ3v) is 7.84. The fourth-order valence-electron chi connectivity index (χ4n) is 5.10. The summed E-state index contributed by atoms with van der Waals surface area (Å²) < 4.78 is 0. The minimum atomic E-state index is 0.165. The molecular weight excluding hydrogens is 516 g/mol. The minimum Gasteiger partial charge on any atom is -0.356 e. The van der Waals surface area contributed by atoms with Crippen molar-refractivity contribution in [2.45, 2.75) is 187 Å². The molecule has 0 saturated carbocycles. The van der Waals surface area contributed by atoms with Crippen LogP contribution in [0.3, 0.4) is 0 Å². The lowest BCUT2D eigenvalue weighted by Crippen LogP contribution is -2.32. The van der Waals surface area contributed by atoms with Gasteiger partial charge in [-0.05, 0) is 77.6 Å². The number of carbonyl (C=O) groups is 2. The van der Waals surface area contributed by atoms with Crippen LogP contribution in [-0.2, 0) is 9.59 Å². The molecule has 4 heteroatoms. The van der Waals surface area contributed by atoms with Gasteiger partial charge in [0.2, 0.25) is 11.8 Å². The van der Waals surface area contributed by atoms with Crippen molar-refractivity contribution in [3.63, 3.8) is 0 Å². The summed E-state index contributed by atoms with van der Waals surface area (Å²) in [6.07, 6.45) is 42.3. The minimum absolute atomic E-state index is 0.165. The zero-order chi connectivity index (χ0) is 30.8. The van der Waals surface area contributed by atoms with Crippen LogP contribution in [0.15, 0.2) is 36.5 Å². The van der Waals surface area contributed by atoms with Gasteiger partial charge in [-0.1, -0.05) is 127 Å². The van der Waals surface area contributed by atoms with Crippen molar-refractivity contribution in [2.24, 2.45) is 0 Å². The summed E-state index contributed by atoms with van der Waals surface area (Å²) in [4.78, 5) is 24.3. The molecule has 42 heavy (non-hydrogen) atoms. The summed E-state index contributed by atoms with van der Waals surface area (Å²) in [6.45, 7) is 7.34. The number of hydrogen-bond acceptors (Lipinski definition) is 2. The maximum absolute atomic E-state index is 12.2. The largest absolute Gasteiger partial charge is 0.356 e. The monoisotopic (exact) mass is 587 g/mol. The highest BCUT2D eigenvalue weighted by Crippen LogP contribution is 2.12. The normalized spacial score (nSPS) is 12.5. The maximum atomic E-state index is 12.2. The van der Waals surface area contributed by atoms with E-state index in [1.807, 2.05) is 0 Å². The Kier molecular flexibility index (Phi) is 32.2. The maximum Gasteiger partial charge on any atom is 0.220 e. The van der Waals surface area contributed by atoms with Crippen LogP contribution in [0, 0.1) is 0 Å². The highest BCUT2D eigenvalue weighted by Gasteiger charge is 2.07. The first-order valence-corrected chi connectivity index (χ1v) is 18.1. The van der Waals surface area contributed by atoms with Crippen LogP contribution < -0.4 is 10.6 Å². The fourth-order valence-corrected chi connectivity index (χ4v) is 5.10. The zero-order valence-electron chi connectivity index (χ0n) is 28.2. The van der Waals surface area contributed by atoms with Gasteiger partial charge >= 0.3 is 0 Å². The molecule has 0 aromatic rings. The van der Waals surface area contributed by atoms with Gasteiger partial charge < -0.3 is 10.6 Å². The molecule has 2 amide bonds. The van der Waals surface area contributed by atoms with Gasteiger partial charge in [0.05, 0.1) is 0 Å². The predicted octanol–water partition coefficient (Wildman–Crippen LogP) is 11.1. The van der Waals surface area contributed by atoms with E-state index in [-0.39, 0.29) is 17.9 Å². The average Bonchev–Trinajstić information content (AvgIpc) is 2.97. The Morgan fingerprint density at radius 1 is 0.524 bits per heavy atom. The van der Waals surface area contributed by atoms with E-state index < -0.39 is 0 Å². The summed E-state index contributed by atoms with van der Waals surface area (Å²) in [6, 6.07) is 0.210. The van der Waals surface area contributed by atoms with Gasteiger partial charge in [-0.15, -0.1) is 0 Å². The molecule has 4 nitrogen and oxygen atoms in total. The quantitative estimate of drug-likeness (QED) is 0.0627. The molecule has 0 heterocycles. The standard InChI is InChI=1S/C38H70N2O2/c1-4-6-8-10-12-14-16-17-18-19-21-22-24-26-28-33-37(41)39-35-31-30-32-36(3)40-38(42)34-29-27-25-23-20-15-13-11-9-7-5-2/h12,14,17-18,21-22,36H,4-11,13,15-16,19-20,23-35H2,1-3H3,(H,39,41)(H,40,42)/b14-12-,18-17-,22-21-/t36-/m1/s1. The van der Waals surface area contributed by atoms with Crippen LogP contribution in [0.5, 0.6) is 0 Å². The van der Waals surface area contributed by atoms with Gasteiger partial charge in [-0.25, -0.2) is 0 Å². The van der Waals surface area contributed by atoms with E-state index >= 15 is 0 Å². The third kappa shape index (κ3) is 32.7.